The first-order valence-corrected chi connectivity index (χ1v) is 7.35. The molecule has 4 rings (SSSR count). The van der Waals surface area contributed by atoms with Crippen LogP contribution in [0.25, 0.3) is 0 Å². The fourth-order valence-corrected chi connectivity index (χ4v) is 2.94. The smallest absolute Gasteiger partial charge is 0.323 e. The van der Waals surface area contributed by atoms with Gasteiger partial charge in [-0.1, -0.05) is 0 Å². The summed E-state index contributed by atoms with van der Waals surface area (Å²) in [6.45, 7) is 1.96. The van der Waals surface area contributed by atoms with Gasteiger partial charge in [-0.05, 0) is 25.1 Å². The van der Waals surface area contributed by atoms with Crippen molar-refractivity contribution in [3.8, 4) is 0 Å². The molecular formula is C15H15N5O3. The average molecular weight is 313 g/mol. The molecule has 0 saturated heterocycles. The number of anilines is 3. The van der Waals surface area contributed by atoms with Gasteiger partial charge in [0.25, 0.3) is 0 Å². The molecule has 8 nitrogen and oxygen atoms in total. The number of carbonyl (C=O) groups excluding carboxylic acids is 2. The monoisotopic (exact) mass is 313 g/mol. The molecule has 1 amide bonds. The minimum Gasteiger partial charge on any atom is -0.465 e. The number of aromatic nitrogens is 2. The van der Waals surface area contributed by atoms with Crippen LogP contribution in [0.3, 0.4) is 0 Å². The molecule has 23 heavy (non-hydrogen) atoms. The number of fused-ring (bicyclic) bond motifs is 2. The molecular weight excluding hydrogens is 298 g/mol. The third-order valence-electron chi connectivity index (χ3n) is 3.98. The van der Waals surface area contributed by atoms with Crippen molar-refractivity contribution in [2.45, 2.75) is 19.0 Å². The van der Waals surface area contributed by atoms with E-state index in [0.29, 0.717) is 11.3 Å². The highest BCUT2D eigenvalue weighted by Crippen LogP contribution is 2.43. The predicted molar refractivity (Wildman–Crippen MR) is 83.0 cm³/mol. The third kappa shape index (κ3) is 2.10. The van der Waals surface area contributed by atoms with Crippen molar-refractivity contribution >= 4 is 28.9 Å². The SMILES string of the molecule is CCOC(=O)C1C(=O)Nc2cc3c(cc21)NC(c1ccn[nH]1)N3. The number of carbonyl (C=O) groups is 2. The number of rotatable bonds is 3. The highest BCUT2D eigenvalue weighted by atomic mass is 16.5. The molecule has 0 radical (unpaired) electrons. The quantitative estimate of drug-likeness (QED) is 0.506. The lowest BCUT2D eigenvalue weighted by atomic mass is 10.00. The maximum atomic E-state index is 12.1. The number of ether oxygens (including phenoxy) is 1. The molecule has 3 heterocycles. The Morgan fingerprint density at radius 3 is 2.74 bits per heavy atom. The van der Waals surface area contributed by atoms with Crippen LogP contribution in [-0.4, -0.2) is 28.7 Å². The predicted octanol–water partition coefficient (Wildman–Crippen LogP) is 1.54. The van der Waals surface area contributed by atoms with Crippen LogP contribution in [0.2, 0.25) is 0 Å². The summed E-state index contributed by atoms with van der Waals surface area (Å²) in [6.07, 6.45) is 1.55. The second kappa shape index (κ2) is 5.01. The topological polar surface area (TPSA) is 108 Å². The van der Waals surface area contributed by atoms with Gasteiger partial charge in [0.1, 0.15) is 6.17 Å². The van der Waals surface area contributed by atoms with E-state index in [1.165, 1.54) is 0 Å². The summed E-state index contributed by atoms with van der Waals surface area (Å²) in [4.78, 5) is 24.1. The van der Waals surface area contributed by atoms with Gasteiger partial charge in [0.2, 0.25) is 5.91 Å². The normalized spacial score (nSPS) is 21.0. The van der Waals surface area contributed by atoms with E-state index in [0.717, 1.165) is 17.1 Å². The van der Waals surface area contributed by atoms with Crippen LogP contribution in [0.4, 0.5) is 17.1 Å². The van der Waals surface area contributed by atoms with Gasteiger partial charge in [0, 0.05) is 17.4 Å². The number of aromatic amines is 1. The van der Waals surface area contributed by atoms with Gasteiger partial charge in [0.15, 0.2) is 5.92 Å². The Balaban J connectivity index is 1.66. The van der Waals surface area contributed by atoms with Crippen molar-refractivity contribution in [2.24, 2.45) is 0 Å². The van der Waals surface area contributed by atoms with Gasteiger partial charge < -0.3 is 20.7 Å². The number of amides is 1. The van der Waals surface area contributed by atoms with Crippen molar-refractivity contribution < 1.29 is 14.3 Å². The fraction of sp³-hybridized carbons (Fsp3) is 0.267. The van der Waals surface area contributed by atoms with Crippen LogP contribution in [0, 0.1) is 0 Å². The van der Waals surface area contributed by atoms with Crippen molar-refractivity contribution in [3.05, 3.63) is 35.7 Å². The lowest BCUT2D eigenvalue weighted by molar-refractivity contribution is -0.147. The second-order valence-electron chi connectivity index (χ2n) is 5.39. The number of nitrogens with one attached hydrogen (secondary N) is 4. The lowest BCUT2D eigenvalue weighted by Crippen LogP contribution is -2.23. The summed E-state index contributed by atoms with van der Waals surface area (Å²) in [7, 11) is 0. The molecule has 2 unspecified atom stereocenters. The summed E-state index contributed by atoms with van der Waals surface area (Å²) in [5.41, 5.74) is 3.84. The summed E-state index contributed by atoms with van der Waals surface area (Å²) in [5, 5.41) is 16.2. The van der Waals surface area contributed by atoms with Gasteiger partial charge >= 0.3 is 5.97 Å². The Morgan fingerprint density at radius 1 is 1.26 bits per heavy atom. The van der Waals surface area contributed by atoms with E-state index in [4.69, 9.17) is 4.74 Å². The van der Waals surface area contributed by atoms with Gasteiger partial charge in [-0.2, -0.15) is 5.10 Å². The van der Waals surface area contributed by atoms with Crippen molar-refractivity contribution in [1.29, 1.82) is 0 Å². The van der Waals surface area contributed by atoms with E-state index in [1.807, 2.05) is 18.2 Å². The fourth-order valence-electron chi connectivity index (χ4n) is 2.94. The number of benzene rings is 1. The zero-order valence-electron chi connectivity index (χ0n) is 12.3. The molecule has 0 spiro atoms. The Morgan fingerprint density at radius 2 is 2.04 bits per heavy atom. The molecule has 1 aromatic heterocycles. The van der Waals surface area contributed by atoms with Gasteiger partial charge in [0.05, 0.1) is 23.7 Å². The van der Waals surface area contributed by atoms with E-state index >= 15 is 0 Å². The maximum Gasteiger partial charge on any atom is 0.323 e. The van der Waals surface area contributed by atoms with E-state index in [2.05, 4.69) is 26.1 Å². The number of nitrogens with zero attached hydrogens (tertiary/aromatic N) is 1. The molecule has 1 aromatic carbocycles. The summed E-state index contributed by atoms with van der Waals surface area (Å²) in [5.74, 6) is -1.80. The zero-order valence-corrected chi connectivity index (χ0v) is 12.3. The van der Waals surface area contributed by atoms with Crippen LogP contribution in [-0.2, 0) is 14.3 Å². The van der Waals surface area contributed by atoms with E-state index < -0.39 is 11.9 Å². The molecule has 8 heteroatoms. The number of hydrogen-bond donors (Lipinski definition) is 4. The molecule has 4 N–H and O–H groups in total. The molecule has 0 aliphatic carbocycles. The van der Waals surface area contributed by atoms with Crippen LogP contribution < -0.4 is 16.0 Å². The largest absolute Gasteiger partial charge is 0.465 e. The summed E-state index contributed by atoms with van der Waals surface area (Å²) >= 11 is 0. The number of hydrogen-bond acceptors (Lipinski definition) is 6. The molecule has 0 saturated carbocycles. The maximum absolute atomic E-state index is 12.1. The van der Waals surface area contributed by atoms with Crippen LogP contribution in [0.5, 0.6) is 0 Å². The Kier molecular flexibility index (Phi) is 2.97. The first kappa shape index (κ1) is 13.6. The van der Waals surface area contributed by atoms with Gasteiger partial charge in [-0.25, -0.2) is 0 Å². The average Bonchev–Trinajstić information content (AvgIpc) is 3.21. The molecule has 0 bridgehead atoms. The minimum absolute atomic E-state index is 0.133. The second-order valence-corrected chi connectivity index (χ2v) is 5.39. The summed E-state index contributed by atoms with van der Waals surface area (Å²) in [6, 6.07) is 5.51. The third-order valence-corrected chi connectivity index (χ3v) is 3.98. The molecule has 2 atom stereocenters. The van der Waals surface area contributed by atoms with E-state index in [9.17, 15) is 9.59 Å². The van der Waals surface area contributed by atoms with Crippen LogP contribution in [0.15, 0.2) is 24.4 Å². The highest BCUT2D eigenvalue weighted by molar-refractivity contribution is 6.15. The molecule has 2 aliphatic rings. The zero-order chi connectivity index (χ0) is 16.0. The van der Waals surface area contributed by atoms with E-state index in [1.54, 1.807) is 13.1 Å². The standard InChI is InChI=1S/C15H15N5O3/c1-2-23-15(22)12-7-5-10-11(6-9(7)19-14(12)21)18-13(17-10)8-3-4-16-20-8/h3-6,12-13,17-18H,2H2,1H3,(H,16,20)(H,19,21). The molecule has 2 aliphatic heterocycles. The first-order valence-electron chi connectivity index (χ1n) is 7.35. The van der Waals surface area contributed by atoms with Crippen molar-refractivity contribution in [2.75, 3.05) is 22.6 Å². The van der Waals surface area contributed by atoms with Gasteiger partial charge in [-0.15, -0.1) is 0 Å². The summed E-state index contributed by atoms with van der Waals surface area (Å²) < 4.78 is 5.00. The van der Waals surface area contributed by atoms with Gasteiger partial charge in [-0.3, -0.25) is 14.7 Å². The molecule has 118 valence electrons. The van der Waals surface area contributed by atoms with E-state index in [-0.39, 0.29) is 18.7 Å². The Hall–Kier alpha value is -3.03. The van der Waals surface area contributed by atoms with Crippen LogP contribution >= 0.6 is 0 Å². The lowest BCUT2D eigenvalue weighted by Gasteiger charge is -2.09. The first-order chi connectivity index (χ1) is 11.2. The minimum atomic E-state index is -0.914. The highest BCUT2D eigenvalue weighted by Gasteiger charge is 2.39. The van der Waals surface area contributed by atoms with Crippen molar-refractivity contribution in [3.63, 3.8) is 0 Å². The number of H-pyrrole nitrogens is 1. The van der Waals surface area contributed by atoms with Crippen LogP contribution in [0.1, 0.15) is 30.3 Å². The van der Waals surface area contributed by atoms with Crippen molar-refractivity contribution in [1.82, 2.24) is 10.2 Å². The number of esters is 1. The molecule has 2 aromatic rings. The Bertz CT molecular complexity index is 787. The molecule has 0 fully saturated rings. The Labute approximate surface area is 131 Å².